The number of fused-ring (bicyclic) bond motifs is 1. The first-order valence-electron chi connectivity index (χ1n) is 11.3. The van der Waals surface area contributed by atoms with Crippen LogP contribution in [0.25, 0.3) is 0 Å². The van der Waals surface area contributed by atoms with Gasteiger partial charge in [-0.05, 0) is 65.9 Å². The molecule has 178 valence electrons. The van der Waals surface area contributed by atoms with Crippen molar-refractivity contribution in [2.75, 3.05) is 10.2 Å². The van der Waals surface area contributed by atoms with Crippen LogP contribution in [-0.4, -0.2) is 11.7 Å². The Morgan fingerprint density at radius 2 is 1.74 bits per heavy atom. The zero-order chi connectivity index (χ0) is 24.9. The monoisotopic (exact) mass is 568 g/mol. The summed E-state index contributed by atoms with van der Waals surface area (Å²) >= 11 is 16.4. The molecule has 2 aliphatic rings. The fourth-order valence-electron chi connectivity index (χ4n) is 4.96. The number of rotatable bonds is 2. The average molecular weight is 570 g/mol. The molecule has 1 N–H and O–H groups in total. The molecule has 0 saturated carbocycles. The fraction of sp³-hybridized carbons (Fsp3) is 0.214. The maximum absolute atomic E-state index is 14.2. The van der Waals surface area contributed by atoms with Gasteiger partial charge < -0.3 is 5.32 Å². The molecule has 4 nitrogen and oxygen atoms in total. The van der Waals surface area contributed by atoms with Gasteiger partial charge in [-0.2, -0.15) is 0 Å². The van der Waals surface area contributed by atoms with E-state index in [2.05, 4.69) is 35.1 Å². The van der Waals surface area contributed by atoms with Gasteiger partial charge in [-0.3, -0.25) is 14.5 Å². The number of benzene rings is 3. The first-order chi connectivity index (χ1) is 16.6. The van der Waals surface area contributed by atoms with Crippen LogP contribution in [-0.2, 0) is 4.79 Å². The summed E-state index contributed by atoms with van der Waals surface area (Å²) in [6.07, 6.45) is 1.05. The number of carbonyl (C=O) groups is 2. The molecule has 0 aromatic heterocycles. The van der Waals surface area contributed by atoms with Gasteiger partial charge in [-0.25, -0.2) is 0 Å². The molecule has 5 rings (SSSR count). The van der Waals surface area contributed by atoms with Gasteiger partial charge in [0.15, 0.2) is 5.78 Å². The van der Waals surface area contributed by atoms with Crippen molar-refractivity contribution < 1.29 is 9.59 Å². The number of nitrogens with zero attached hydrogens (tertiary/aromatic N) is 1. The number of amides is 1. The SMILES string of the molecule is CC1(C)CC(=O)C2=C(C1)Nc1ccccc1N(C(=O)c1ccc(Br)cc1)C2c1ccc(Cl)cc1Cl. The second-order valence-corrected chi connectivity index (χ2v) is 11.5. The Morgan fingerprint density at radius 3 is 2.46 bits per heavy atom. The highest BCUT2D eigenvalue weighted by Crippen LogP contribution is 2.49. The highest BCUT2D eigenvalue weighted by Gasteiger charge is 2.44. The summed E-state index contributed by atoms with van der Waals surface area (Å²) in [6.45, 7) is 4.17. The maximum Gasteiger partial charge on any atom is 0.259 e. The van der Waals surface area contributed by atoms with Crippen molar-refractivity contribution in [1.82, 2.24) is 0 Å². The van der Waals surface area contributed by atoms with Gasteiger partial charge in [-0.15, -0.1) is 0 Å². The average Bonchev–Trinajstić information content (AvgIpc) is 2.92. The van der Waals surface area contributed by atoms with Crippen LogP contribution >= 0.6 is 39.1 Å². The summed E-state index contributed by atoms with van der Waals surface area (Å²) in [6, 6.07) is 19.3. The van der Waals surface area contributed by atoms with Crippen molar-refractivity contribution >= 4 is 62.2 Å². The molecule has 1 heterocycles. The highest BCUT2D eigenvalue weighted by molar-refractivity contribution is 9.10. The molecule has 0 bridgehead atoms. The number of carbonyl (C=O) groups excluding carboxylic acids is 2. The van der Waals surface area contributed by atoms with E-state index in [1.807, 2.05) is 42.5 Å². The number of ketones is 1. The number of para-hydroxylation sites is 2. The van der Waals surface area contributed by atoms with Crippen LogP contribution in [0.15, 0.2) is 82.5 Å². The lowest BCUT2D eigenvalue weighted by Gasteiger charge is -2.37. The number of hydrogen-bond donors (Lipinski definition) is 1. The minimum Gasteiger partial charge on any atom is -0.357 e. The predicted molar refractivity (Wildman–Crippen MR) is 145 cm³/mol. The normalized spacial score (nSPS) is 18.9. The Bertz CT molecular complexity index is 1380. The summed E-state index contributed by atoms with van der Waals surface area (Å²) in [5.74, 6) is -0.227. The third kappa shape index (κ3) is 4.53. The smallest absolute Gasteiger partial charge is 0.259 e. The number of halogens is 3. The van der Waals surface area contributed by atoms with Gasteiger partial charge in [0.05, 0.1) is 17.4 Å². The zero-order valence-corrected chi connectivity index (χ0v) is 22.3. The number of allylic oxidation sites excluding steroid dienone is 1. The Kier molecular flexibility index (Phi) is 6.28. The van der Waals surface area contributed by atoms with Crippen LogP contribution in [0.5, 0.6) is 0 Å². The maximum atomic E-state index is 14.2. The lowest BCUT2D eigenvalue weighted by atomic mass is 9.73. The van der Waals surface area contributed by atoms with Crippen LogP contribution < -0.4 is 10.2 Å². The van der Waals surface area contributed by atoms with E-state index in [4.69, 9.17) is 23.2 Å². The van der Waals surface area contributed by atoms with Crippen molar-refractivity contribution in [1.29, 1.82) is 0 Å². The van der Waals surface area contributed by atoms with Crippen molar-refractivity contribution in [3.8, 4) is 0 Å². The van der Waals surface area contributed by atoms with E-state index >= 15 is 0 Å². The number of hydrogen-bond acceptors (Lipinski definition) is 3. The van der Waals surface area contributed by atoms with Gasteiger partial charge in [0.2, 0.25) is 0 Å². The fourth-order valence-corrected chi connectivity index (χ4v) is 5.74. The Labute approximate surface area is 223 Å². The van der Waals surface area contributed by atoms with Crippen molar-refractivity contribution in [3.63, 3.8) is 0 Å². The molecule has 1 amide bonds. The second-order valence-electron chi connectivity index (χ2n) is 9.73. The van der Waals surface area contributed by atoms with Gasteiger partial charge in [-0.1, -0.05) is 71.2 Å². The van der Waals surface area contributed by atoms with E-state index in [-0.39, 0.29) is 17.1 Å². The van der Waals surface area contributed by atoms with Crippen LogP contribution in [0.1, 0.15) is 48.7 Å². The van der Waals surface area contributed by atoms with E-state index in [0.717, 1.165) is 15.9 Å². The van der Waals surface area contributed by atoms with E-state index in [9.17, 15) is 9.59 Å². The lowest BCUT2D eigenvalue weighted by molar-refractivity contribution is -0.118. The molecule has 1 unspecified atom stereocenters. The zero-order valence-electron chi connectivity index (χ0n) is 19.2. The van der Waals surface area contributed by atoms with E-state index in [1.165, 1.54) is 0 Å². The van der Waals surface area contributed by atoms with E-state index in [1.54, 1.807) is 29.2 Å². The predicted octanol–water partition coefficient (Wildman–Crippen LogP) is 8.21. The molecule has 7 heteroatoms. The molecule has 1 aliphatic carbocycles. The molecular weight excluding hydrogens is 547 g/mol. The molecule has 1 atom stereocenters. The summed E-state index contributed by atoms with van der Waals surface area (Å²) < 4.78 is 0.874. The van der Waals surface area contributed by atoms with Gasteiger partial charge in [0, 0.05) is 37.8 Å². The molecule has 1 aliphatic heterocycles. The molecule has 3 aromatic rings. The second kappa shape index (κ2) is 9.12. The quantitative estimate of drug-likeness (QED) is 0.338. The van der Waals surface area contributed by atoms with Gasteiger partial charge in [0.25, 0.3) is 5.91 Å². The minimum atomic E-state index is -0.717. The molecule has 0 fully saturated rings. The summed E-state index contributed by atoms with van der Waals surface area (Å²) in [5.41, 5.74) is 3.78. The molecule has 35 heavy (non-hydrogen) atoms. The molecular formula is C28H23BrCl2N2O2. The molecule has 0 saturated heterocycles. The number of Topliss-reactive ketones (excluding diaryl/α,β-unsaturated/α-hetero) is 1. The molecule has 0 spiro atoms. The Morgan fingerprint density at radius 1 is 1.03 bits per heavy atom. The third-order valence-electron chi connectivity index (χ3n) is 6.47. The molecule has 3 aromatic carbocycles. The topological polar surface area (TPSA) is 49.4 Å². The van der Waals surface area contributed by atoms with Gasteiger partial charge >= 0.3 is 0 Å². The first kappa shape index (κ1) is 24.1. The Hall–Kier alpha value is -2.60. The van der Waals surface area contributed by atoms with E-state index in [0.29, 0.717) is 45.3 Å². The van der Waals surface area contributed by atoms with Crippen molar-refractivity contribution in [3.05, 3.63) is 104 Å². The van der Waals surface area contributed by atoms with Crippen LogP contribution in [0.4, 0.5) is 11.4 Å². The first-order valence-corrected chi connectivity index (χ1v) is 12.9. The summed E-state index contributed by atoms with van der Waals surface area (Å²) in [4.78, 5) is 29.6. The standard InChI is InChI=1S/C28H23BrCl2N2O2/c1-28(2)14-22-25(24(34)15-28)26(19-12-11-18(30)13-20(19)31)33(23-6-4-3-5-21(23)32-22)27(35)16-7-9-17(29)10-8-16/h3-13,26,32H,14-15H2,1-2H3. The number of nitrogens with one attached hydrogen (secondary N) is 1. The van der Waals surface area contributed by atoms with Gasteiger partial charge in [0.1, 0.15) is 0 Å². The van der Waals surface area contributed by atoms with Crippen LogP contribution in [0.3, 0.4) is 0 Å². The van der Waals surface area contributed by atoms with Crippen molar-refractivity contribution in [2.24, 2.45) is 5.41 Å². The summed E-state index contributed by atoms with van der Waals surface area (Å²) in [5, 5.41) is 4.40. The lowest BCUT2D eigenvalue weighted by Crippen LogP contribution is -2.39. The molecule has 0 radical (unpaired) electrons. The largest absolute Gasteiger partial charge is 0.357 e. The van der Waals surface area contributed by atoms with Crippen LogP contribution in [0.2, 0.25) is 10.0 Å². The summed E-state index contributed by atoms with van der Waals surface area (Å²) in [7, 11) is 0. The number of anilines is 2. The third-order valence-corrected chi connectivity index (χ3v) is 7.56. The van der Waals surface area contributed by atoms with Crippen LogP contribution in [0, 0.1) is 5.41 Å². The van der Waals surface area contributed by atoms with Crippen molar-refractivity contribution in [2.45, 2.75) is 32.7 Å². The minimum absolute atomic E-state index is 0.00109. The van der Waals surface area contributed by atoms with E-state index < -0.39 is 6.04 Å². The highest BCUT2D eigenvalue weighted by atomic mass is 79.9. The Balaban J connectivity index is 1.81.